The molecule has 0 fully saturated rings. The monoisotopic (exact) mass is 274 g/mol. The first-order valence-electron chi connectivity index (χ1n) is 5.91. The fourth-order valence-electron chi connectivity index (χ4n) is 1.96. The summed E-state index contributed by atoms with van der Waals surface area (Å²) in [6.45, 7) is 3.50. The number of aromatic carboxylic acids is 1. The number of hydrogen-bond acceptors (Lipinski definition) is 4. The Bertz CT molecular complexity index is 691. The van der Waals surface area contributed by atoms with Gasteiger partial charge in [0, 0.05) is 18.9 Å². The zero-order valence-electron chi connectivity index (χ0n) is 11.3. The molecule has 7 nitrogen and oxygen atoms in total. The van der Waals surface area contributed by atoms with Crippen LogP contribution in [0.4, 0.5) is 5.69 Å². The number of aryl methyl sites for hydroxylation is 2. The molecule has 0 spiro atoms. The number of carboxylic acid groups (broad SMARTS) is 1. The van der Waals surface area contributed by atoms with Gasteiger partial charge >= 0.3 is 5.97 Å². The van der Waals surface area contributed by atoms with Gasteiger partial charge < -0.3 is 10.4 Å². The van der Waals surface area contributed by atoms with Gasteiger partial charge in [-0.15, -0.1) is 0 Å². The van der Waals surface area contributed by atoms with Crippen molar-refractivity contribution in [2.75, 3.05) is 5.32 Å². The molecule has 0 saturated heterocycles. The van der Waals surface area contributed by atoms with Crippen molar-refractivity contribution >= 4 is 17.6 Å². The van der Waals surface area contributed by atoms with E-state index in [2.05, 4.69) is 15.4 Å². The van der Waals surface area contributed by atoms with Crippen molar-refractivity contribution in [3.05, 3.63) is 41.0 Å². The molecular weight excluding hydrogens is 260 g/mol. The van der Waals surface area contributed by atoms with E-state index in [1.807, 2.05) is 0 Å². The largest absolute Gasteiger partial charge is 0.476 e. The van der Waals surface area contributed by atoms with Gasteiger partial charge in [0.15, 0.2) is 5.69 Å². The molecule has 0 aliphatic rings. The molecule has 2 heterocycles. The van der Waals surface area contributed by atoms with Crippen molar-refractivity contribution in [3.8, 4) is 0 Å². The highest BCUT2D eigenvalue weighted by molar-refractivity contribution is 6.08. The summed E-state index contributed by atoms with van der Waals surface area (Å²) in [6.07, 6.45) is 1.36. The molecule has 0 radical (unpaired) electrons. The Morgan fingerprint density at radius 1 is 1.35 bits per heavy atom. The lowest BCUT2D eigenvalue weighted by Gasteiger charge is -2.07. The van der Waals surface area contributed by atoms with Gasteiger partial charge in [-0.2, -0.15) is 5.10 Å². The van der Waals surface area contributed by atoms with Crippen molar-refractivity contribution in [1.29, 1.82) is 0 Å². The number of aromatic nitrogens is 3. The van der Waals surface area contributed by atoms with Gasteiger partial charge in [0.05, 0.1) is 16.9 Å². The predicted octanol–water partition coefficient (Wildman–Crippen LogP) is 1.38. The number of pyridine rings is 1. The lowest BCUT2D eigenvalue weighted by molar-refractivity contribution is 0.0692. The molecule has 0 aromatic carbocycles. The molecule has 0 bridgehead atoms. The van der Waals surface area contributed by atoms with E-state index in [9.17, 15) is 9.59 Å². The lowest BCUT2D eigenvalue weighted by Crippen LogP contribution is -2.17. The SMILES string of the molecule is Cc1nn(C)c(C)c1C(=O)Nc1cccnc1C(=O)O. The van der Waals surface area contributed by atoms with Gasteiger partial charge in [0.2, 0.25) is 0 Å². The number of nitrogens with zero attached hydrogens (tertiary/aromatic N) is 3. The topological polar surface area (TPSA) is 97.1 Å². The van der Waals surface area contributed by atoms with E-state index in [1.54, 1.807) is 31.6 Å². The van der Waals surface area contributed by atoms with Crippen LogP contribution in [0.25, 0.3) is 0 Å². The maximum absolute atomic E-state index is 12.3. The molecule has 2 aromatic rings. The lowest BCUT2D eigenvalue weighted by atomic mass is 10.1. The minimum atomic E-state index is -1.19. The third-order valence-electron chi connectivity index (χ3n) is 2.99. The number of anilines is 1. The zero-order chi connectivity index (χ0) is 14.9. The molecule has 2 aromatic heterocycles. The van der Waals surface area contributed by atoms with Crippen LogP contribution >= 0.6 is 0 Å². The molecule has 0 aliphatic carbocycles. The number of carbonyl (C=O) groups is 2. The Morgan fingerprint density at radius 3 is 2.60 bits per heavy atom. The van der Waals surface area contributed by atoms with E-state index in [1.165, 1.54) is 12.3 Å². The Hall–Kier alpha value is -2.70. The molecule has 0 saturated carbocycles. The van der Waals surface area contributed by atoms with E-state index in [0.29, 0.717) is 17.0 Å². The average Bonchev–Trinajstić information content (AvgIpc) is 2.63. The van der Waals surface area contributed by atoms with Crippen LogP contribution in [0, 0.1) is 13.8 Å². The second-order valence-electron chi connectivity index (χ2n) is 4.33. The quantitative estimate of drug-likeness (QED) is 0.881. The summed E-state index contributed by atoms with van der Waals surface area (Å²) in [4.78, 5) is 27.0. The molecule has 2 rings (SSSR count). The van der Waals surface area contributed by atoms with Gasteiger partial charge in [-0.05, 0) is 26.0 Å². The summed E-state index contributed by atoms with van der Waals surface area (Å²) in [5.74, 6) is -1.59. The number of amides is 1. The fourth-order valence-corrected chi connectivity index (χ4v) is 1.96. The Balaban J connectivity index is 2.36. The summed E-state index contributed by atoms with van der Waals surface area (Å²) in [6, 6.07) is 3.06. The minimum absolute atomic E-state index is 0.160. The maximum atomic E-state index is 12.3. The van der Waals surface area contributed by atoms with Crippen LogP contribution in [0.15, 0.2) is 18.3 Å². The number of hydrogen-bond donors (Lipinski definition) is 2. The summed E-state index contributed by atoms with van der Waals surface area (Å²) >= 11 is 0. The first-order chi connectivity index (χ1) is 9.41. The normalized spacial score (nSPS) is 10.3. The van der Waals surface area contributed by atoms with Crippen LogP contribution in [-0.2, 0) is 7.05 Å². The molecule has 0 unspecified atom stereocenters. The van der Waals surface area contributed by atoms with Gasteiger partial charge in [0.1, 0.15) is 0 Å². The van der Waals surface area contributed by atoms with Gasteiger partial charge in [-0.3, -0.25) is 9.48 Å². The Labute approximate surface area is 115 Å². The summed E-state index contributed by atoms with van der Waals surface area (Å²) in [5, 5.41) is 15.8. The molecular formula is C13H14N4O3. The number of rotatable bonds is 3. The molecule has 0 aliphatic heterocycles. The zero-order valence-corrected chi connectivity index (χ0v) is 11.3. The van der Waals surface area contributed by atoms with Crippen LogP contribution in [-0.4, -0.2) is 31.7 Å². The first kappa shape index (κ1) is 13.7. The van der Waals surface area contributed by atoms with E-state index in [-0.39, 0.29) is 11.4 Å². The van der Waals surface area contributed by atoms with Gasteiger partial charge in [0.25, 0.3) is 5.91 Å². The van der Waals surface area contributed by atoms with E-state index in [0.717, 1.165) is 0 Å². The Morgan fingerprint density at radius 2 is 2.05 bits per heavy atom. The minimum Gasteiger partial charge on any atom is -0.476 e. The predicted molar refractivity (Wildman–Crippen MR) is 71.8 cm³/mol. The molecule has 7 heteroatoms. The molecule has 20 heavy (non-hydrogen) atoms. The molecule has 0 atom stereocenters. The van der Waals surface area contributed by atoms with Crippen molar-refractivity contribution in [1.82, 2.24) is 14.8 Å². The fraction of sp³-hybridized carbons (Fsp3) is 0.231. The van der Waals surface area contributed by atoms with Gasteiger partial charge in [-0.1, -0.05) is 0 Å². The van der Waals surface area contributed by atoms with Crippen LogP contribution < -0.4 is 5.32 Å². The van der Waals surface area contributed by atoms with Crippen LogP contribution in [0.3, 0.4) is 0 Å². The summed E-state index contributed by atoms with van der Waals surface area (Å²) in [5.41, 5.74) is 1.70. The van der Waals surface area contributed by atoms with Gasteiger partial charge in [-0.25, -0.2) is 9.78 Å². The van der Waals surface area contributed by atoms with Crippen LogP contribution in [0.5, 0.6) is 0 Å². The highest BCUT2D eigenvalue weighted by Gasteiger charge is 2.20. The van der Waals surface area contributed by atoms with E-state index < -0.39 is 11.9 Å². The number of nitrogens with one attached hydrogen (secondary N) is 1. The number of carboxylic acids is 1. The van der Waals surface area contributed by atoms with Crippen LogP contribution in [0.1, 0.15) is 32.2 Å². The highest BCUT2D eigenvalue weighted by atomic mass is 16.4. The second-order valence-corrected chi connectivity index (χ2v) is 4.33. The summed E-state index contributed by atoms with van der Waals surface area (Å²) in [7, 11) is 1.74. The van der Waals surface area contributed by atoms with E-state index >= 15 is 0 Å². The third kappa shape index (κ3) is 2.37. The van der Waals surface area contributed by atoms with Crippen molar-refractivity contribution in [3.63, 3.8) is 0 Å². The average molecular weight is 274 g/mol. The molecule has 1 amide bonds. The van der Waals surface area contributed by atoms with Crippen molar-refractivity contribution < 1.29 is 14.7 Å². The Kier molecular flexibility index (Phi) is 3.51. The smallest absolute Gasteiger partial charge is 0.356 e. The van der Waals surface area contributed by atoms with Crippen LogP contribution in [0.2, 0.25) is 0 Å². The molecule has 104 valence electrons. The standard InChI is InChI=1S/C13H14N4O3/c1-7-10(8(2)17(3)16-7)12(18)15-9-5-4-6-14-11(9)13(19)20/h4-6H,1-3H3,(H,15,18)(H,19,20). The second kappa shape index (κ2) is 5.12. The highest BCUT2D eigenvalue weighted by Crippen LogP contribution is 2.17. The summed E-state index contributed by atoms with van der Waals surface area (Å²) < 4.78 is 1.60. The molecule has 2 N–H and O–H groups in total. The number of carbonyl (C=O) groups excluding carboxylic acids is 1. The van der Waals surface area contributed by atoms with Crippen molar-refractivity contribution in [2.24, 2.45) is 7.05 Å². The van der Waals surface area contributed by atoms with E-state index in [4.69, 9.17) is 5.11 Å². The first-order valence-corrected chi connectivity index (χ1v) is 5.91. The maximum Gasteiger partial charge on any atom is 0.356 e. The van der Waals surface area contributed by atoms with Crippen molar-refractivity contribution in [2.45, 2.75) is 13.8 Å². The third-order valence-corrected chi connectivity index (χ3v) is 2.99.